The van der Waals surface area contributed by atoms with Gasteiger partial charge in [0, 0.05) is 26.2 Å². The molecule has 0 N–H and O–H groups in total. The Morgan fingerprint density at radius 3 is 3.00 bits per heavy atom. The van der Waals surface area contributed by atoms with E-state index in [9.17, 15) is 4.79 Å². The summed E-state index contributed by atoms with van der Waals surface area (Å²) in [7, 11) is 1.47. The van der Waals surface area contributed by atoms with E-state index in [1.165, 1.54) is 12.7 Å². The van der Waals surface area contributed by atoms with Crippen LogP contribution in [0.2, 0.25) is 0 Å². The van der Waals surface area contributed by atoms with Crippen molar-refractivity contribution in [2.45, 2.75) is 13.0 Å². The number of methoxy groups -OCH3 is 1. The highest BCUT2D eigenvalue weighted by Gasteiger charge is 2.54. The first kappa shape index (κ1) is 13.6. The molecule has 0 saturated carbocycles. The monoisotopic (exact) mass is 275 g/mol. The van der Waals surface area contributed by atoms with Crippen LogP contribution < -0.4 is 0 Å². The highest BCUT2D eigenvalue weighted by atomic mass is 16.5. The lowest BCUT2D eigenvalue weighted by Gasteiger charge is -2.35. The minimum absolute atomic E-state index is 0.113. The number of esters is 1. The Morgan fingerprint density at radius 1 is 1.45 bits per heavy atom. The van der Waals surface area contributed by atoms with Crippen molar-refractivity contribution in [3.63, 3.8) is 0 Å². The molecule has 20 heavy (non-hydrogen) atoms. The fourth-order valence-electron chi connectivity index (χ4n) is 3.55. The zero-order chi connectivity index (χ0) is 14.0. The Kier molecular flexibility index (Phi) is 3.76. The van der Waals surface area contributed by atoms with E-state index in [2.05, 4.69) is 29.2 Å². The minimum Gasteiger partial charge on any atom is -0.468 e. The molecule has 2 fully saturated rings. The maximum atomic E-state index is 12.2. The molecule has 0 amide bonds. The Balaban J connectivity index is 1.76. The Morgan fingerprint density at radius 2 is 2.25 bits per heavy atom. The van der Waals surface area contributed by atoms with Crippen LogP contribution in [0.4, 0.5) is 0 Å². The third-order valence-electron chi connectivity index (χ3n) is 4.58. The number of benzene rings is 1. The van der Waals surface area contributed by atoms with E-state index in [4.69, 9.17) is 9.47 Å². The molecule has 2 aliphatic heterocycles. The van der Waals surface area contributed by atoms with Crippen LogP contribution in [0, 0.1) is 11.3 Å². The van der Waals surface area contributed by atoms with Crippen LogP contribution in [-0.4, -0.2) is 44.3 Å². The second-order valence-corrected chi connectivity index (χ2v) is 5.84. The van der Waals surface area contributed by atoms with Gasteiger partial charge in [0.2, 0.25) is 0 Å². The first-order valence-electron chi connectivity index (χ1n) is 7.17. The molecule has 3 rings (SSSR count). The highest BCUT2D eigenvalue weighted by molar-refractivity contribution is 5.78. The number of fused-ring (bicyclic) bond motifs is 1. The first-order valence-corrected chi connectivity index (χ1v) is 7.17. The van der Waals surface area contributed by atoms with Gasteiger partial charge in [-0.15, -0.1) is 0 Å². The zero-order valence-electron chi connectivity index (χ0n) is 11.9. The fourth-order valence-corrected chi connectivity index (χ4v) is 3.55. The molecule has 2 saturated heterocycles. The third-order valence-corrected chi connectivity index (χ3v) is 4.58. The molecule has 0 spiro atoms. The molecule has 108 valence electrons. The van der Waals surface area contributed by atoms with Crippen molar-refractivity contribution in [1.82, 2.24) is 4.90 Å². The summed E-state index contributed by atoms with van der Waals surface area (Å²) in [5.74, 6) is 0.241. The summed E-state index contributed by atoms with van der Waals surface area (Å²) in [6.45, 7) is 3.82. The van der Waals surface area contributed by atoms with Gasteiger partial charge >= 0.3 is 5.97 Å². The maximum Gasteiger partial charge on any atom is 0.315 e. The fraction of sp³-hybridized carbons (Fsp3) is 0.562. The molecule has 0 unspecified atom stereocenters. The van der Waals surface area contributed by atoms with Crippen molar-refractivity contribution >= 4 is 5.97 Å². The number of nitrogens with zero attached hydrogens (tertiary/aromatic N) is 1. The lowest BCUT2D eigenvalue weighted by molar-refractivity contribution is -0.163. The van der Waals surface area contributed by atoms with Crippen molar-refractivity contribution in [2.75, 3.05) is 33.4 Å². The quantitative estimate of drug-likeness (QED) is 0.787. The molecule has 0 aliphatic carbocycles. The van der Waals surface area contributed by atoms with Gasteiger partial charge in [0.1, 0.15) is 5.41 Å². The van der Waals surface area contributed by atoms with E-state index < -0.39 is 5.41 Å². The van der Waals surface area contributed by atoms with Crippen LogP contribution in [0.15, 0.2) is 30.3 Å². The second kappa shape index (κ2) is 5.54. The van der Waals surface area contributed by atoms with Crippen LogP contribution in [0.5, 0.6) is 0 Å². The van der Waals surface area contributed by atoms with E-state index in [-0.39, 0.29) is 5.97 Å². The zero-order valence-corrected chi connectivity index (χ0v) is 11.9. The Labute approximate surface area is 119 Å². The van der Waals surface area contributed by atoms with E-state index in [1.54, 1.807) is 0 Å². The van der Waals surface area contributed by atoms with Crippen molar-refractivity contribution < 1.29 is 14.3 Å². The van der Waals surface area contributed by atoms with E-state index in [0.29, 0.717) is 12.5 Å². The number of likely N-dealkylation sites (tertiary alicyclic amines) is 1. The smallest absolute Gasteiger partial charge is 0.315 e. The summed E-state index contributed by atoms with van der Waals surface area (Å²) >= 11 is 0. The van der Waals surface area contributed by atoms with Gasteiger partial charge in [0.15, 0.2) is 0 Å². The third kappa shape index (κ3) is 2.34. The predicted octanol–water partition coefficient (Wildman–Crippen LogP) is 1.70. The molecular weight excluding hydrogens is 254 g/mol. The van der Waals surface area contributed by atoms with Crippen molar-refractivity contribution in [3.8, 4) is 0 Å². The SMILES string of the molecule is COC(=O)[C@@]12COCC[C@@H]1CN(Cc1ccccc1)C2. The summed E-state index contributed by atoms with van der Waals surface area (Å²) < 4.78 is 10.6. The van der Waals surface area contributed by atoms with Crippen molar-refractivity contribution in [2.24, 2.45) is 11.3 Å². The van der Waals surface area contributed by atoms with Gasteiger partial charge in [-0.25, -0.2) is 0 Å². The van der Waals surface area contributed by atoms with Crippen molar-refractivity contribution in [1.29, 1.82) is 0 Å². The first-order chi connectivity index (χ1) is 9.74. The normalized spacial score (nSPS) is 29.9. The number of rotatable bonds is 3. The minimum atomic E-state index is -0.457. The molecular formula is C16H21NO3. The molecule has 2 heterocycles. The molecule has 0 radical (unpaired) electrons. The molecule has 4 nitrogen and oxygen atoms in total. The van der Waals surface area contributed by atoms with Gasteiger partial charge in [-0.2, -0.15) is 0 Å². The van der Waals surface area contributed by atoms with Gasteiger partial charge < -0.3 is 9.47 Å². The topological polar surface area (TPSA) is 38.8 Å². The lowest BCUT2D eigenvalue weighted by atomic mass is 9.76. The summed E-state index contributed by atoms with van der Waals surface area (Å²) in [6.07, 6.45) is 0.945. The standard InChI is InChI=1S/C16H21NO3/c1-19-15(18)16-11-17(9-13-5-3-2-4-6-13)10-14(16)7-8-20-12-16/h2-6,14H,7-12H2,1H3/t14-,16+/m1/s1. The summed E-state index contributed by atoms with van der Waals surface area (Å²) in [5.41, 5.74) is 0.828. The van der Waals surface area contributed by atoms with Crippen molar-refractivity contribution in [3.05, 3.63) is 35.9 Å². The number of carbonyl (C=O) groups is 1. The van der Waals surface area contributed by atoms with E-state index in [1.807, 2.05) is 6.07 Å². The number of hydrogen-bond donors (Lipinski definition) is 0. The summed E-state index contributed by atoms with van der Waals surface area (Å²) in [5, 5.41) is 0. The lowest BCUT2D eigenvalue weighted by Crippen LogP contribution is -2.47. The van der Waals surface area contributed by atoms with Gasteiger partial charge in [0.05, 0.1) is 13.7 Å². The molecule has 2 aliphatic rings. The Bertz CT molecular complexity index is 476. The van der Waals surface area contributed by atoms with Gasteiger partial charge in [-0.1, -0.05) is 30.3 Å². The van der Waals surface area contributed by atoms with Crippen LogP contribution in [0.25, 0.3) is 0 Å². The van der Waals surface area contributed by atoms with E-state index in [0.717, 1.165) is 32.7 Å². The van der Waals surface area contributed by atoms with Crippen LogP contribution >= 0.6 is 0 Å². The number of hydrogen-bond acceptors (Lipinski definition) is 4. The number of carbonyl (C=O) groups excluding carboxylic acids is 1. The largest absolute Gasteiger partial charge is 0.468 e. The molecule has 2 atom stereocenters. The average molecular weight is 275 g/mol. The van der Waals surface area contributed by atoms with Crippen LogP contribution in [0.3, 0.4) is 0 Å². The van der Waals surface area contributed by atoms with E-state index >= 15 is 0 Å². The van der Waals surface area contributed by atoms with Gasteiger partial charge in [-0.3, -0.25) is 9.69 Å². The van der Waals surface area contributed by atoms with Crippen LogP contribution in [-0.2, 0) is 20.8 Å². The second-order valence-electron chi connectivity index (χ2n) is 5.84. The Hall–Kier alpha value is -1.39. The molecule has 1 aromatic carbocycles. The van der Waals surface area contributed by atoms with Crippen LogP contribution in [0.1, 0.15) is 12.0 Å². The molecule has 0 aromatic heterocycles. The molecule has 0 bridgehead atoms. The number of ether oxygens (including phenoxy) is 2. The van der Waals surface area contributed by atoms with Gasteiger partial charge in [-0.05, 0) is 17.9 Å². The summed E-state index contributed by atoms with van der Waals surface area (Å²) in [4.78, 5) is 14.6. The molecule has 4 heteroatoms. The average Bonchev–Trinajstić information content (AvgIpc) is 2.86. The highest BCUT2D eigenvalue weighted by Crippen LogP contribution is 2.42. The predicted molar refractivity (Wildman–Crippen MR) is 75.1 cm³/mol. The molecule has 1 aromatic rings. The van der Waals surface area contributed by atoms with Gasteiger partial charge in [0.25, 0.3) is 0 Å². The summed E-state index contributed by atoms with van der Waals surface area (Å²) in [6, 6.07) is 10.4. The maximum absolute atomic E-state index is 12.2.